The molecule has 3 saturated heterocycles. The Hall–Kier alpha value is -2.24. The van der Waals surface area contributed by atoms with Crippen LogP contribution in [-0.2, 0) is 4.74 Å². The third kappa shape index (κ3) is 9.72. The topological polar surface area (TPSA) is 108 Å². The number of aromatic nitrogens is 4. The maximum absolute atomic E-state index is 12.5. The smallest absolute Gasteiger partial charge is 0.423 e. The Labute approximate surface area is 229 Å². The molecule has 5 heterocycles. The highest BCUT2D eigenvalue weighted by Crippen LogP contribution is 2.35. The van der Waals surface area contributed by atoms with Crippen LogP contribution in [-0.4, -0.2) is 88.8 Å². The Bertz CT molecular complexity index is 1010. The molecule has 39 heavy (non-hydrogen) atoms. The Kier molecular flexibility index (Phi) is 11.2. The van der Waals surface area contributed by atoms with Gasteiger partial charge in [0.2, 0.25) is 11.9 Å². The van der Waals surface area contributed by atoms with Crippen molar-refractivity contribution in [2.24, 2.45) is 11.8 Å². The average Bonchev–Trinajstić information content (AvgIpc) is 3.67. The number of alkyl halides is 6. The van der Waals surface area contributed by atoms with E-state index in [1.807, 2.05) is 0 Å². The number of rotatable bonds is 3. The number of nitrogens with zero attached hydrogens (tertiary/aromatic N) is 6. The molecule has 5 rings (SSSR count). The lowest BCUT2D eigenvalue weighted by molar-refractivity contribution is -0.168. The molecule has 2 N–H and O–H groups in total. The SMILES string of the molecule is C1CCOC1.FC(F)(F)C1CCN(c2ncc(Br)cn2)C1.OB(O)c1cnc(N2CCC(C(F)(F)F)C2)nc1. The number of ether oxygens (including phenoxy) is 1. The number of hydrogen-bond acceptors (Lipinski definition) is 9. The Morgan fingerprint density at radius 2 is 1.18 bits per heavy atom. The van der Waals surface area contributed by atoms with E-state index in [4.69, 9.17) is 14.8 Å². The van der Waals surface area contributed by atoms with E-state index in [9.17, 15) is 26.3 Å². The third-order valence-electron chi connectivity index (χ3n) is 6.26. The van der Waals surface area contributed by atoms with E-state index in [2.05, 4.69) is 35.9 Å². The molecule has 0 spiro atoms. The Morgan fingerprint density at radius 1 is 0.769 bits per heavy atom. The van der Waals surface area contributed by atoms with Crippen molar-refractivity contribution in [2.45, 2.75) is 38.0 Å². The largest absolute Gasteiger partial charge is 0.491 e. The van der Waals surface area contributed by atoms with E-state index in [0.29, 0.717) is 17.0 Å². The quantitative estimate of drug-likeness (QED) is 0.392. The van der Waals surface area contributed by atoms with Crippen LogP contribution in [0.25, 0.3) is 0 Å². The van der Waals surface area contributed by atoms with Crippen molar-refractivity contribution in [1.29, 1.82) is 0 Å². The van der Waals surface area contributed by atoms with Gasteiger partial charge in [-0.05, 0) is 41.6 Å². The lowest BCUT2D eigenvalue weighted by atomic mass is 9.83. The van der Waals surface area contributed by atoms with Gasteiger partial charge in [0.05, 0.1) is 16.3 Å². The zero-order valence-electron chi connectivity index (χ0n) is 20.7. The first-order valence-corrected chi connectivity index (χ1v) is 13.0. The van der Waals surface area contributed by atoms with Gasteiger partial charge in [-0.25, -0.2) is 19.9 Å². The zero-order chi connectivity index (χ0) is 28.6. The van der Waals surface area contributed by atoms with Gasteiger partial charge in [0.25, 0.3) is 0 Å². The normalized spacial score (nSPS) is 21.3. The van der Waals surface area contributed by atoms with Crippen molar-refractivity contribution >= 4 is 40.4 Å². The maximum atomic E-state index is 12.5. The molecule has 17 heteroatoms. The van der Waals surface area contributed by atoms with Gasteiger partial charge in [0.15, 0.2) is 0 Å². The van der Waals surface area contributed by atoms with Gasteiger partial charge >= 0.3 is 19.5 Å². The molecular formula is C22H28BBrF6N6O3. The fraction of sp³-hybridized carbons (Fsp3) is 0.636. The lowest BCUT2D eigenvalue weighted by Crippen LogP contribution is -2.32. The van der Waals surface area contributed by atoms with E-state index in [1.165, 1.54) is 42.5 Å². The van der Waals surface area contributed by atoms with Gasteiger partial charge in [-0.2, -0.15) is 26.3 Å². The molecule has 2 aromatic rings. The van der Waals surface area contributed by atoms with Crippen LogP contribution in [0.5, 0.6) is 0 Å². The van der Waals surface area contributed by atoms with Crippen LogP contribution in [0.3, 0.4) is 0 Å². The first-order chi connectivity index (χ1) is 18.3. The summed E-state index contributed by atoms with van der Waals surface area (Å²) in [5.74, 6) is -2.09. The van der Waals surface area contributed by atoms with Crippen molar-refractivity contribution in [3.05, 3.63) is 29.3 Å². The van der Waals surface area contributed by atoms with Gasteiger partial charge in [-0.1, -0.05) is 0 Å². The van der Waals surface area contributed by atoms with Crippen LogP contribution in [0.1, 0.15) is 25.7 Å². The second-order valence-corrected chi connectivity index (χ2v) is 10.1. The molecule has 2 unspecified atom stereocenters. The lowest BCUT2D eigenvalue weighted by Gasteiger charge is -2.17. The highest BCUT2D eigenvalue weighted by Gasteiger charge is 2.45. The molecule has 216 valence electrons. The molecule has 3 aliphatic heterocycles. The molecule has 0 bridgehead atoms. The summed E-state index contributed by atoms with van der Waals surface area (Å²) in [5, 5.41) is 17.7. The first-order valence-electron chi connectivity index (χ1n) is 12.2. The van der Waals surface area contributed by atoms with Gasteiger partial charge < -0.3 is 24.6 Å². The van der Waals surface area contributed by atoms with E-state index in [1.54, 1.807) is 4.90 Å². The van der Waals surface area contributed by atoms with Gasteiger partial charge in [0, 0.05) is 69.6 Å². The minimum Gasteiger partial charge on any atom is -0.423 e. The standard InChI is InChI=1S/C9H11BF3N3O2.C9H9BrF3N3.C4H8O/c11-9(12,13)6-1-2-16(5-6)8-14-3-7(4-15-8)10(17)18;10-7-3-14-8(15-4-7)16-2-1-6(5-16)9(11,12)13;1-2-4-5-3-1/h3-4,6,17-18H,1-2,5H2;3-4,6H,1-2,5H2;1-4H2. The van der Waals surface area contributed by atoms with Crippen LogP contribution in [0.4, 0.5) is 38.2 Å². The van der Waals surface area contributed by atoms with Gasteiger partial charge in [0.1, 0.15) is 0 Å². The van der Waals surface area contributed by atoms with Crippen LogP contribution >= 0.6 is 15.9 Å². The van der Waals surface area contributed by atoms with E-state index in [0.717, 1.165) is 13.2 Å². The third-order valence-corrected chi connectivity index (χ3v) is 6.67. The van der Waals surface area contributed by atoms with E-state index >= 15 is 0 Å². The predicted molar refractivity (Wildman–Crippen MR) is 134 cm³/mol. The number of anilines is 2. The Balaban J connectivity index is 0.000000184. The molecule has 9 nitrogen and oxygen atoms in total. The van der Waals surface area contributed by atoms with E-state index in [-0.39, 0.29) is 43.9 Å². The summed E-state index contributed by atoms with van der Waals surface area (Å²) in [7, 11) is -1.68. The number of hydrogen-bond donors (Lipinski definition) is 2. The van der Waals surface area contributed by atoms with Crippen molar-refractivity contribution in [3.63, 3.8) is 0 Å². The molecular weight excluding hydrogens is 601 g/mol. The second-order valence-electron chi connectivity index (χ2n) is 9.16. The van der Waals surface area contributed by atoms with Crippen LogP contribution in [0.2, 0.25) is 0 Å². The van der Waals surface area contributed by atoms with Crippen LogP contribution in [0, 0.1) is 11.8 Å². The maximum Gasteiger partial charge on any atom is 0.491 e. The van der Waals surface area contributed by atoms with Crippen molar-refractivity contribution in [3.8, 4) is 0 Å². The van der Waals surface area contributed by atoms with Crippen molar-refractivity contribution in [2.75, 3.05) is 49.2 Å². The summed E-state index contributed by atoms with van der Waals surface area (Å²) in [5.41, 5.74) is 0.102. The summed E-state index contributed by atoms with van der Waals surface area (Å²) < 4.78 is 80.4. The highest BCUT2D eigenvalue weighted by molar-refractivity contribution is 9.10. The summed E-state index contributed by atoms with van der Waals surface area (Å²) in [6, 6.07) is 0. The summed E-state index contributed by atoms with van der Waals surface area (Å²) in [6.07, 6.45) is -0.186. The van der Waals surface area contributed by atoms with Crippen LogP contribution in [0.15, 0.2) is 29.3 Å². The van der Waals surface area contributed by atoms with Crippen molar-refractivity contribution < 1.29 is 41.1 Å². The Morgan fingerprint density at radius 3 is 1.49 bits per heavy atom. The van der Waals surface area contributed by atoms with Crippen LogP contribution < -0.4 is 15.3 Å². The monoisotopic (exact) mass is 628 g/mol. The molecule has 3 fully saturated rings. The summed E-state index contributed by atoms with van der Waals surface area (Å²) in [6.45, 7) is 2.38. The van der Waals surface area contributed by atoms with Gasteiger partial charge in [-0.15, -0.1) is 0 Å². The molecule has 0 aliphatic carbocycles. The molecule has 3 aliphatic rings. The summed E-state index contributed by atoms with van der Waals surface area (Å²) in [4.78, 5) is 18.6. The fourth-order valence-corrected chi connectivity index (χ4v) is 4.23. The number of halogens is 7. The minimum atomic E-state index is -4.20. The average molecular weight is 629 g/mol. The first kappa shape index (κ1) is 31.3. The van der Waals surface area contributed by atoms with E-state index < -0.39 is 31.3 Å². The molecule has 0 aromatic carbocycles. The molecule has 2 atom stereocenters. The minimum absolute atomic E-state index is 0.0250. The zero-order valence-corrected chi connectivity index (χ0v) is 22.3. The second kappa shape index (κ2) is 13.9. The van der Waals surface area contributed by atoms with Crippen molar-refractivity contribution in [1.82, 2.24) is 19.9 Å². The molecule has 0 radical (unpaired) electrons. The van der Waals surface area contributed by atoms with Gasteiger partial charge in [-0.3, -0.25) is 0 Å². The molecule has 0 amide bonds. The predicted octanol–water partition coefficient (Wildman–Crippen LogP) is 2.97. The fourth-order valence-electron chi connectivity index (χ4n) is 4.03. The molecule has 0 saturated carbocycles. The molecule has 2 aromatic heterocycles. The highest BCUT2D eigenvalue weighted by atomic mass is 79.9. The summed E-state index contributed by atoms with van der Waals surface area (Å²) >= 11 is 3.17.